The minimum absolute atomic E-state index is 0.382. The predicted molar refractivity (Wildman–Crippen MR) is 83.4 cm³/mol. The van der Waals surface area contributed by atoms with Crippen molar-refractivity contribution < 1.29 is 9.53 Å². The second-order valence-corrected chi connectivity index (χ2v) is 8.22. The van der Waals surface area contributed by atoms with Gasteiger partial charge in [0.25, 0.3) is 0 Å². The van der Waals surface area contributed by atoms with E-state index in [-0.39, 0.29) is 0 Å². The van der Waals surface area contributed by atoms with E-state index in [0.717, 1.165) is 52.5 Å². The fourth-order valence-electron chi connectivity index (χ4n) is 5.54. The normalized spacial score (nSPS) is 38.0. The van der Waals surface area contributed by atoms with Crippen LogP contribution in [0.25, 0.3) is 0 Å². The average molecular weight is 347 g/mol. The number of carbonyl (C=O) groups excluding carboxylic acids is 1. The van der Waals surface area contributed by atoms with Gasteiger partial charge in [-0.25, -0.2) is 0 Å². The van der Waals surface area contributed by atoms with Crippen molar-refractivity contribution in [3.8, 4) is 5.75 Å². The van der Waals surface area contributed by atoms with Crippen LogP contribution < -0.4 is 4.74 Å². The average Bonchev–Trinajstić information content (AvgIpc) is 2.83. The van der Waals surface area contributed by atoms with Crippen molar-refractivity contribution >= 4 is 21.7 Å². The number of ketones is 1. The standard InChI is InChI=1S/C18H19BrO2/c19-13-6-11-3-4-21-18(11)12(7-13)8-14(20)17-15-9-1-2-10(5-9)16(15)17/h6-7,9-10,15-17H,1-5,8H2. The molecule has 3 saturated carbocycles. The minimum atomic E-state index is 0.382. The van der Waals surface area contributed by atoms with Gasteiger partial charge in [-0.2, -0.15) is 0 Å². The number of hydrogen-bond donors (Lipinski definition) is 0. The maximum atomic E-state index is 12.7. The first-order chi connectivity index (χ1) is 10.2. The summed E-state index contributed by atoms with van der Waals surface area (Å²) in [5.41, 5.74) is 2.35. The highest BCUT2D eigenvalue weighted by Crippen LogP contribution is 2.69. The van der Waals surface area contributed by atoms with Crippen LogP contribution in [-0.2, 0) is 17.6 Å². The molecule has 0 aromatic heterocycles. The summed E-state index contributed by atoms with van der Waals surface area (Å²) < 4.78 is 6.84. The van der Waals surface area contributed by atoms with Crippen molar-refractivity contribution in [1.29, 1.82) is 0 Å². The molecule has 4 aliphatic rings. The molecule has 1 aromatic rings. The summed E-state index contributed by atoms with van der Waals surface area (Å²) in [7, 11) is 0. The number of carbonyl (C=O) groups is 1. The number of halogens is 1. The van der Waals surface area contributed by atoms with E-state index in [2.05, 4.69) is 28.1 Å². The number of hydrogen-bond acceptors (Lipinski definition) is 2. The lowest BCUT2D eigenvalue weighted by Gasteiger charge is -2.11. The number of fused-ring (bicyclic) bond motifs is 6. The molecule has 2 bridgehead atoms. The molecule has 0 amide bonds. The molecular formula is C18H19BrO2. The number of benzene rings is 1. The Kier molecular flexibility index (Phi) is 2.62. The van der Waals surface area contributed by atoms with Gasteiger partial charge < -0.3 is 4.74 Å². The minimum Gasteiger partial charge on any atom is -0.493 e. The Balaban J connectivity index is 1.38. The Morgan fingerprint density at radius 1 is 1.24 bits per heavy atom. The van der Waals surface area contributed by atoms with Gasteiger partial charge in [-0.05, 0) is 60.6 Å². The van der Waals surface area contributed by atoms with E-state index in [1.807, 2.05) is 0 Å². The van der Waals surface area contributed by atoms with Gasteiger partial charge >= 0.3 is 0 Å². The van der Waals surface area contributed by atoms with E-state index in [9.17, 15) is 4.79 Å². The van der Waals surface area contributed by atoms with Crippen LogP contribution in [0.4, 0.5) is 0 Å². The molecule has 0 N–H and O–H groups in total. The zero-order valence-corrected chi connectivity index (χ0v) is 13.6. The van der Waals surface area contributed by atoms with Crippen molar-refractivity contribution in [1.82, 2.24) is 0 Å². The molecular weight excluding hydrogens is 328 g/mol. The third kappa shape index (κ3) is 1.79. The van der Waals surface area contributed by atoms with Crippen LogP contribution in [0.1, 0.15) is 30.4 Å². The third-order valence-electron chi connectivity index (χ3n) is 6.30. The lowest BCUT2D eigenvalue weighted by molar-refractivity contribution is -0.120. The summed E-state index contributed by atoms with van der Waals surface area (Å²) in [4.78, 5) is 12.7. The molecule has 0 saturated heterocycles. The maximum absolute atomic E-state index is 12.7. The molecule has 110 valence electrons. The largest absolute Gasteiger partial charge is 0.493 e. The second-order valence-electron chi connectivity index (χ2n) is 7.31. The Morgan fingerprint density at radius 3 is 2.76 bits per heavy atom. The van der Waals surface area contributed by atoms with Gasteiger partial charge in [0.05, 0.1) is 6.61 Å². The second kappa shape index (κ2) is 4.34. The van der Waals surface area contributed by atoms with E-state index in [4.69, 9.17) is 4.74 Å². The topological polar surface area (TPSA) is 26.3 Å². The van der Waals surface area contributed by atoms with Crippen LogP contribution in [0.15, 0.2) is 16.6 Å². The summed E-state index contributed by atoms with van der Waals surface area (Å²) in [5, 5.41) is 0. The van der Waals surface area contributed by atoms with Gasteiger partial charge in [-0.15, -0.1) is 0 Å². The van der Waals surface area contributed by atoms with Crippen LogP contribution in [0, 0.1) is 29.6 Å². The molecule has 0 radical (unpaired) electrons. The highest BCUT2D eigenvalue weighted by atomic mass is 79.9. The summed E-state index contributed by atoms with van der Waals surface area (Å²) >= 11 is 3.57. The molecule has 1 aromatic carbocycles. The zero-order chi connectivity index (χ0) is 14.1. The van der Waals surface area contributed by atoms with Crippen LogP contribution in [0.5, 0.6) is 5.75 Å². The fourth-order valence-corrected chi connectivity index (χ4v) is 6.09. The first-order valence-corrected chi connectivity index (χ1v) is 8.98. The Bertz CT molecular complexity index is 622. The quantitative estimate of drug-likeness (QED) is 0.832. The van der Waals surface area contributed by atoms with Crippen molar-refractivity contribution in [2.24, 2.45) is 29.6 Å². The first kappa shape index (κ1) is 12.7. The summed E-state index contributed by atoms with van der Waals surface area (Å²) in [6.45, 7) is 0.756. The van der Waals surface area contributed by atoms with Crippen molar-refractivity contribution in [2.45, 2.75) is 32.1 Å². The molecule has 21 heavy (non-hydrogen) atoms. The van der Waals surface area contributed by atoms with E-state index < -0.39 is 0 Å². The molecule has 2 nitrogen and oxygen atoms in total. The van der Waals surface area contributed by atoms with Gasteiger partial charge in [0, 0.05) is 28.8 Å². The van der Waals surface area contributed by atoms with Crippen LogP contribution in [0.3, 0.4) is 0 Å². The van der Waals surface area contributed by atoms with Gasteiger partial charge in [0.15, 0.2) is 0 Å². The Hall–Kier alpha value is -0.830. The van der Waals surface area contributed by atoms with E-state index in [0.29, 0.717) is 18.1 Å². The first-order valence-electron chi connectivity index (χ1n) is 8.19. The van der Waals surface area contributed by atoms with Crippen LogP contribution in [-0.4, -0.2) is 12.4 Å². The lowest BCUT2D eigenvalue weighted by Crippen LogP contribution is -2.12. The van der Waals surface area contributed by atoms with Crippen molar-refractivity contribution in [3.63, 3.8) is 0 Å². The van der Waals surface area contributed by atoms with Crippen molar-refractivity contribution in [2.75, 3.05) is 6.61 Å². The molecule has 3 aliphatic carbocycles. The van der Waals surface area contributed by atoms with Gasteiger partial charge in [0.2, 0.25) is 0 Å². The van der Waals surface area contributed by atoms with Crippen molar-refractivity contribution in [3.05, 3.63) is 27.7 Å². The molecule has 1 heterocycles. The third-order valence-corrected chi connectivity index (χ3v) is 6.75. The molecule has 4 atom stereocenters. The molecule has 1 aliphatic heterocycles. The Labute approximate surface area is 133 Å². The van der Waals surface area contributed by atoms with Gasteiger partial charge in [-0.1, -0.05) is 15.9 Å². The van der Waals surface area contributed by atoms with Crippen LogP contribution >= 0.6 is 15.9 Å². The van der Waals surface area contributed by atoms with E-state index >= 15 is 0 Å². The SMILES string of the molecule is O=C(Cc1cc(Br)cc2c1OCC2)C1C2C3CCC(C3)C12. The molecule has 4 unspecified atom stereocenters. The number of Topliss-reactive ketones (excluding diaryl/α,β-unsaturated/α-hetero) is 1. The Morgan fingerprint density at radius 2 is 2.00 bits per heavy atom. The molecule has 5 rings (SSSR count). The number of rotatable bonds is 3. The summed E-state index contributed by atoms with van der Waals surface area (Å²) in [5.74, 6) is 5.08. The summed E-state index contributed by atoms with van der Waals surface area (Å²) in [6, 6.07) is 4.21. The molecule has 0 spiro atoms. The van der Waals surface area contributed by atoms with Gasteiger partial charge in [-0.3, -0.25) is 4.79 Å². The molecule has 3 heteroatoms. The zero-order valence-electron chi connectivity index (χ0n) is 12.0. The maximum Gasteiger partial charge on any atom is 0.141 e. The predicted octanol–water partition coefficient (Wildman–Crippen LogP) is 3.79. The lowest BCUT2D eigenvalue weighted by atomic mass is 9.95. The fraction of sp³-hybridized carbons (Fsp3) is 0.611. The highest BCUT2D eigenvalue weighted by Gasteiger charge is 2.66. The molecule has 3 fully saturated rings. The number of ether oxygens (including phenoxy) is 1. The van der Waals surface area contributed by atoms with E-state index in [1.165, 1.54) is 24.8 Å². The smallest absolute Gasteiger partial charge is 0.141 e. The monoisotopic (exact) mass is 346 g/mol. The van der Waals surface area contributed by atoms with Crippen LogP contribution in [0.2, 0.25) is 0 Å². The van der Waals surface area contributed by atoms with Gasteiger partial charge in [0.1, 0.15) is 11.5 Å². The highest BCUT2D eigenvalue weighted by molar-refractivity contribution is 9.10. The summed E-state index contributed by atoms with van der Waals surface area (Å²) in [6.07, 6.45) is 5.71. The van der Waals surface area contributed by atoms with E-state index in [1.54, 1.807) is 0 Å².